The van der Waals surface area contributed by atoms with Crippen LogP contribution in [0, 0.1) is 0 Å². The maximum absolute atomic E-state index is 13.4. The highest BCUT2D eigenvalue weighted by atomic mass is 16.5. The zero-order chi connectivity index (χ0) is 19.5. The molecule has 5 heteroatoms. The molecule has 0 radical (unpaired) electrons. The summed E-state index contributed by atoms with van der Waals surface area (Å²) >= 11 is 0. The Morgan fingerprint density at radius 3 is 2.36 bits per heavy atom. The van der Waals surface area contributed by atoms with Gasteiger partial charge in [-0.3, -0.25) is 4.79 Å². The number of hydrogen-bond donors (Lipinski definition) is 2. The van der Waals surface area contributed by atoms with Crippen molar-refractivity contribution in [1.82, 2.24) is 15.8 Å². The quantitative estimate of drug-likeness (QED) is 0.810. The number of methoxy groups -OCH3 is 1. The molecule has 1 saturated heterocycles. The minimum atomic E-state index is -0.192. The highest BCUT2D eigenvalue weighted by molar-refractivity contribution is 5.82. The molecule has 2 N–H and O–H groups in total. The van der Waals surface area contributed by atoms with Gasteiger partial charge >= 0.3 is 0 Å². The highest BCUT2D eigenvalue weighted by Gasteiger charge is 2.36. The number of nitrogens with one attached hydrogen (secondary N) is 2. The number of hydrazine groups is 1. The van der Waals surface area contributed by atoms with E-state index in [1.54, 1.807) is 7.11 Å². The average Bonchev–Trinajstić information content (AvgIpc) is 3.39. The molecule has 4 rings (SSSR count). The van der Waals surface area contributed by atoms with Crippen LogP contribution in [0.1, 0.15) is 42.5 Å². The van der Waals surface area contributed by atoms with E-state index in [2.05, 4.69) is 59.1 Å². The van der Waals surface area contributed by atoms with Crippen molar-refractivity contribution in [2.75, 3.05) is 13.7 Å². The number of rotatable bonds is 6. The van der Waals surface area contributed by atoms with E-state index < -0.39 is 0 Å². The molecule has 2 aromatic carbocycles. The van der Waals surface area contributed by atoms with Crippen molar-refractivity contribution in [1.29, 1.82) is 0 Å². The van der Waals surface area contributed by atoms with Crippen LogP contribution in [-0.2, 0) is 17.6 Å². The van der Waals surface area contributed by atoms with Gasteiger partial charge in [-0.05, 0) is 54.5 Å². The van der Waals surface area contributed by atoms with Crippen molar-refractivity contribution in [3.8, 4) is 5.75 Å². The van der Waals surface area contributed by atoms with Crippen LogP contribution in [0.4, 0.5) is 0 Å². The summed E-state index contributed by atoms with van der Waals surface area (Å²) in [6.45, 7) is 2.95. The molecule has 148 valence electrons. The van der Waals surface area contributed by atoms with Crippen LogP contribution in [0.15, 0.2) is 48.5 Å². The predicted octanol–water partition coefficient (Wildman–Crippen LogP) is 3.01. The van der Waals surface area contributed by atoms with Crippen molar-refractivity contribution in [2.24, 2.45) is 0 Å². The molecule has 2 unspecified atom stereocenters. The summed E-state index contributed by atoms with van der Waals surface area (Å²) in [6.07, 6.45) is 3.65. The third-order valence-electron chi connectivity index (χ3n) is 5.94. The Morgan fingerprint density at radius 2 is 1.75 bits per heavy atom. The number of ether oxygens (including phenoxy) is 1. The molecule has 2 aromatic rings. The molecule has 1 aliphatic carbocycles. The number of carbonyl (C=O) groups excluding carboxylic acids is 1. The van der Waals surface area contributed by atoms with Crippen molar-refractivity contribution >= 4 is 5.91 Å². The molecule has 5 nitrogen and oxygen atoms in total. The Hall–Kier alpha value is -2.37. The highest BCUT2D eigenvalue weighted by Crippen LogP contribution is 2.29. The monoisotopic (exact) mass is 379 g/mol. The number of benzene rings is 2. The minimum absolute atomic E-state index is 0.129. The number of fused-ring (bicyclic) bond motifs is 1. The molecule has 1 heterocycles. The van der Waals surface area contributed by atoms with Gasteiger partial charge < -0.3 is 9.64 Å². The van der Waals surface area contributed by atoms with Crippen molar-refractivity contribution < 1.29 is 9.53 Å². The molecule has 0 aromatic heterocycles. The summed E-state index contributed by atoms with van der Waals surface area (Å²) < 4.78 is 5.24. The van der Waals surface area contributed by atoms with Crippen LogP contribution >= 0.6 is 0 Å². The summed E-state index contributed by atoms with van der Waals surface area (Å²) in [7, 11) is 1.67. The molecule has 0 saturated carbocycles. The van der Waals surface area contributed by atoms with E-state index in [9.17, 15) is 4.79 Å². The molecule has 0 bridgehead atoms. The van der Waals surface area contributed by atoms with Gasteiger partial charge in [-0.2, -0.15) is 0 Å². The Bertz CT molecular complexity index is 796. The average molecular weight is 380 g/mol. The summed E-state index contributed by atoms with van der Waals surface area (Å²) in [5, 5.41) is 0. The first-order valence-electron chi connectivity index (χ1n) is 10.2. The Kier molecular flexibility index (Phi) is 5.64. The summed E-state index contributed by atoms with van der Waals surface area (Å²) in [6, 6.07) is 16.8. The summed E-state index contributed by atoms with van der Waals surface area (Å²) in [5.74, 6) is 1.06. The Labute approximate surface area is 167 Å². The SMILES string of the molecule is CCCN(C(=O)C1CC(c2ccc(OC)cc2)NN1)C1Cc2ccccc2C1. The van der Waals surface area contributed by atoms with Gasteiger partial charge in [-0.15, -0.1) is 0 Å². The maximum atomic E-state index is 13.4. The first-order valence-corrected chi connectivity index (χ1v) is 10.2. The van der Waals surface area contributed by atoms with E-state index in [0.29, 0.717) is 0 Å². The molecule has 2 aliphatic rings. The topological polar surface area (TPSA) is 53.6 Å². The second-order valence-electron chi connectivity index (χ2n) is 7.77. The number of nitrogens with zero attached hydrogens (tertiary/aromatic N) is 1. The first-order chi connectivity index (χ1) is 13.7. The van der Waals surface area contributed by atoms with E-state index in [1.165, 1.54) is 16.7 Å². The van der Waals surface area contributed by atoms with Gasteiger partial charge in [-0.25, -0.2) is 10.9 Å². The molecule has 1 fully saturated rings. The Morgan fingerprint density at radius 1 is 1.07 bits per heavy atom. The van der Waals surface area contributed by atoms with Gasteiger partial charge in [0.25, 0.3) is 0 Å². The number of carbonyl (C=O) groups is 1. The van der Waals surface area contributed by atoms with Gasteiger partial charge in [-0.1, -0.05) is 43.3 Å². The summed E-state index contributed by atoms with van der Waals surface area (Å²) in [4.78, 5) is 15.5. The van der Waals surface area contributed by atoms with E-state index in [0.717, 1.165) is 38.0 Å². The fourth-order valence-electron chi connectivity index (χ4n) is 4.44. The van der Waals surface area contributed by atoms with Gasteiger partial charge in [0.05, 0.1) is 7.11 Å². The number of amides is 1. The zero-order valence-electron chi connectivity index (χ0n) is 16.7. The van der Waals surface area contributed by atoms with Gasteiger partial charge in [0, 0.05) is 18.6 Å². The molecule has 0 spiro atoms. The smallest absolute Gasteiger partial charge is 0.241 e. The second kappa shape index (κ2) is 8.33. The van der Waals surface area contributed by atoms with Gasteiger partial charge in [0.1, 0.15) is 11.8 Å². The lowest BCUT2D eigenvalue weighted by Gasteiger charge is -2.31. The van der Waals surface area contributed by atoms with E-state index in [4.69, 9.17) is 4.74 Å². The van der Waals surface area contributed by atoms with E-state index in [-0.39, 0.29) is 24.0 Å². The van der Waals surface area contributed by atoms with Gasteiger partial charge in [0.15, 0.2) is 0 Å². The van der Waals surface area contributed by atoms with Crippen LogP contribution in [0.2, 0.25) is 0 Å². The molecule has 1 amide bonds. The van der Waals surface area contributed by atoms with E-state index >= 15 is 0 Å². The molecule has 1 aliphatic heterocycles. The third kappa shape index (κ3) is 3.77. The number of hydrogen-bond acceptors (Lipinski definition) is 4. The lowest BCUT2D eigenvalue weighted by molar-refractivity contribution is -0.135. The maximum Gasteiger partial charge on any atom is 0.241 e. The van der Waals surface area contributed by atoms with Crippen LogP contribution in [-0.4, -0.2) is 36.5 Å². The summed E-state index contributed by atoms with van der Waals surface area (Å²) in [5.41, 5.74) is 10.5. The van der Waals surface area contributed by atoms with Gasteiger partial charge in [0.2, 0.25) is 5.91 Å². The van der Waals surface area contributed by atoms with Crippen molar-refractivity contribution in [3.63, 3.8) is 0 Å². The lowest BCUT2D eigenvalue weighted by Crippen LogP contribution is -2.50. The standard InChI is InChI=1S/C23H29N3O2/c1-3-12-26(19-13-17-6-4-5-7-18(17)14-19)23(27)22-15-21(24-25-22)16-8-10-20(28-2)11-9-16/h4-11,19,21-22,24-25H,3,12-15H2,1-2H3. The Balaban J connectivity index is 1.43. The second-order valence-corrected chi connectivity index (χ2v) is 7.77. The van der Waals surface area contributed by atoms with Crippen LogP contribution in [0.5, 0.6) is 5.75 Å². The third-order valence-corrected chi connectivity index (χ3v) is 5.94. The molecule has 28 heavy (non-hydrogen) atoms. The molecular formula is C23H29N3O2. The zero-order valence-corrected chi connectivity index (χ0v) is 16.7. The van der Waals surface area contributed by atoms with Crippen molar-refractivity contribution in [3.05, 3.63) is 65.2 Å². The normalized spacial score (nSPS) is 21.5. The largest absolute Gasteiger partial charge is 0.497 e. The molecule has 2 atom stereocenters. The van der Waals surface area contributed by atoms with Crippen LogP contribution in [0.25, 0.3) is 0 Å². The fourth-order valence-corrected chi connectivity index (χ4v) is 4.44. The van der Waals surface area contributed by atoms with Crippen molar-refractivity contribution in [2.45, 2.75) is 50.7 Å². The fraction of sp³-hybridized carbons (Fsp3) is 0.435. The molecular weight excluding hydrogens is 350 g/mol. The predicted molar refractivity (Wildman–Crippen MR) is 110 cm³/mol. The van der Waals surface area contributed by atoms with Crippen LogP contribution in [0.3, 0.4) is 0 Å². The van der Waals surface area contributed by atoms with E-state index in [1.807, 2.05) is 12.1 Å². The van der Waals surface area contributed by atoms with Crippen LogP contribution < -0.4 is 15.6 Å². The first kappa shape index (κ1) is 19.0. The minimum Gasteiger partial charge on any atom is -0.497 e. The lowest BCUT2D eigenvalue weighted by atomic mass is 10.0.